The van der Waals surface area contributed by atoms with E-state index in [0.29, 0.717) is 6.54 Å². The normalized spacial score (nSPS) is 12.6. The van der Waals surface area contributed by atoms with Gasteiger partial charge in [-0.25, -0.2) is 4.98 Å². The van der Waals surface area contributed by atoms with Crippen molar-refractivity contribution in [1.82, 2.24) is 9.55 Å². The summed E-state index contributed by atoms with van der Waals surface area (Å²) in [6.45, 7) is 0.591. The van der Waals surface area contributed by atoms with Gasteiger partial charge in [0.2, 0.25) is 0 Å². The lowest BCUT2D eigenvalue weighted by Crippen LogP contribution is -2.15. The van der Waals surface area contributed by atoms with E-state index in [0.717, 1.165) is 17.9 Å². The van der Waals surface area contributed by atoms with Crippen LogP contribution in [0.4, 0.5) is 0 Å². The number of benzene rings is 1. The van der Waals surface area contributed by atoms with Crippen LogP contribution in [0.1, 0.15) is 12.0 Å². The Morgan fingerprint density at radius 1 is 1.29 bits per heavy atom. The Labute approximate surface area is 106 Å². The van der Waals surface area contributed by atoms with Crippen LogP contribution in [-0.4, -0.2) is 20.8 Å². The lowest BCUT2D eigenvalue weighted by molar-refractivity contribution is 0.144. The number of aryl methyl sites for hydroxylation is 1. The number of aliphatic hydroxyl groups is 1. The van der Waals surface area contributed by atoms with Crippen molar-refractivity contribution in [1.29, 1.82) is 0 Å². The molecule has 0 aliphatic carbocycles. The average Bonchev–Trinajstić information content (AvgIpc) is 2.81. The summed E-state index contributed by atoms with van der Waals surface area (Å²) in [6.07, 6.45) is 6.52. The molecule has 1 atom stereocenters. The monoisotopic (exact) mass is 250 g/mol. The van der Waals surface area contributed by atoms with Crippen LogP contribution >= 0.6 is 11.6 Å². The van der Waals surface area contributed by atoms with Crippen molar-refractivity contribution >= 4 is 11.6 Å². The molecule has 1 aromatic heterocycles. The van der Waals surface area contributed by atoms with Crippen LogP contribution in [-0.2, 0) is 13.0 Å². The third-order valence-electron chi connectivity index (χ3n) is 2.66. The Kier molecular flexibility index (Phi) is 4.18. The zero-order chi connectivity index (χ0) is 12.1. The first-order chi connectivity index (χ1) is 8.24. The van der Waals surface area contributed by atoms with E-state index in [4.69, 9.17) is 11.6 Å². The lowest BCUT2D eigenvalue weighted by Gasteiger charge is -2.11. The van der Waals surface area contributed by atoms with Crippen LogP contribution in [0.3, 0.4) is 0 Å². The molecule has 1 N–H and O–H groups in total. The highest BCUT2D eigenvalue weighted by atomic mass is 35.5. The molecule has 1 heterocycles. The van der Waals surface area contributed by atoms with E-state index in [1.165, 1.54) is 5.56 Å². The van der Waals surface area contributed by atoms with Crippen molar-refractivity contribution in [3.05, 3.63) is 53.6 Å². The average molecular weight is 251 g/mol. The van der Waals surface area contributed by atoms with E-state index in [-0.39, 0.29) is 6.10 Å². The van der Waals surface area contributed by atoms with Crippen LogP contribution in [0.15, 0.2) is 43.0 Å². The van der Waals surface area contributed by atoms with E-state index in [2.05, 4.69) is 4.98 Å². The quantitative estimate of drug-likeness (QED) is 0.886. The fourth-order valence-electron chi connectivity index (χ4n) is 1.71. The van der Waals surface area contributed by atoms with Gasteiger partial charge in [-0.15, -0.1) is 0 Å². The van der Waals surface area contributed by atoms with Gasteiger partial charge in [-0.05, 0) is 30.5 Å². The van der Waals surface area contributed by atoms with E-state index >= 15 is 0 Å². The van der Waals surface area contributed by atoms with Crippen molar-refractivity contribution < 1.29 is 5.11 Å². The fourth-order valence-corrected chi connectivity index (χ4v) is 1.84. The molecule has 0 bridgehead atoms. The molecule has 0 saturated carbocycles. The Bertz CT molecular complexity index is 439. The molecular weight excluding hydrogens is 236 g/mol. The summed E-state index contributed by atoms with van der Waals surface area (Å²) in [7, 11) is 0. The number of nitrogens with zero attached hydrogens (tertiary/aromatic N) is 2. The molecule has 4 heteroatoms. The van der Waals surface area contributed by atoms with E-state index in [1.807, 2.05) is 35.0 Å². The van der Waals surface area contributed by atoms with E-state index in [1.54, 1.807) is 12.5 Å². The summed E-state index contributed by atoms with van der Waals surface area (Å²) in [5, 5.41) is 10.6. The molecule has 1 unspecified atom stereocenters. The molecule has 0 radical (unpaired) electrons. The maximum absolute atomic E-state index is 9.86. The van der Waals surface area contributed by atoms with E-state index in [9.17, 15) is 5.11 Å². The Morgan fingerprint density at radius 3 is 2.71 bits per heavy atom. The molecule has 3 nitrogen and oxygen atoms in total. The van der Waals surface area contributed by atoms with Crippen LogP contribution < -0.4 is 0 Å². The summed E-state index contributed by atoms with van der Waals surface area (Å²) < 4.78 is 1.88. The van der Waals surface area contributed by atoms with E-state index < -0.39 is 0 Å². The fraction of sp³-hybridized carbons (Fsp3) is 0.308. The van der Waals surface area contributed by atoms with Gasteiger partial charge in [0.05, 0.1) is 12.4 Å². The minimum Gasteiger partial charge on any atom is -0.391 e. The Hall–Kier alpha value is -1.32. The molecule has 90 valence electrons. The third kappa shape index (κ3) is 3.88. The summed E-state index contributed by atoms with van der Waals surface area (Å²) in [5.41, 5.74) is 1.19. The van der Waals surface area contributed by atoms with Gasteiger partial charge in [0, 0.05) is 24.0 Å². The number of aromatic nitrogens is 2. The predicted molar refractivity (Wildman–Crippen MR) is 68.0 cm³/mol. The summed E-state index contributed by atoms with van der Waals surface area (Å²) in [4.78, 5) is 3.94. The lowest BCUT2D eigenvalue weighted by atomic mass is 10.1. The molecule has 2 rings (SSSR count). The standard InChI is InChI=1S/C13H15ClN2O/c14-12-4-1-11(2-5-12)3-6-13(17)9-16-8-7-15-10-16/h1-2,4-5,7-8,10,13,17H,3,6,9H2. The van der Waals surface area contributed by atoms with Gasteiger partial charge in [-0.3, -0.25) is 0 Å². The number of aliphatic hydroxyl groups excluding tert-OH is 1. The number of hydrogen-bond donors (Lipinski definition) is 1. The zero-order valence-electron chi connectivity index (χ0n) is 9.46. The van der Waals surface area contributed by atoms with Gasteiger partial charge in [0.15, 0.2) is 0 Å². The molecule has 2 aromatic rings. The summed E-state index contributed by atoms with van der Waals surface area (Å²) in [5.74, 6) is 0. The summed E-state index contributed by atoms with van der Waals surface area (Å²) >= 11 is 5.81. The van der Waals surface area contributed by atoms with Gasteiger partial charge in [0.1, 0.15) is 0 Å². The highest BCUT2D eigenvalue weighted by molar-refractivity contribution is 6.30. The van der Waals surface area contributed by atoms with Crippen LogP contribution in [0.5, 0.6) is 0 Å². The minimum absolute atomic E-state index is 0.347. The topological polar surface area (TPSA) is 38.0 Å². The zero-order valence-corrected chi connectivity index (χ0v) is 10.2. The largest absolute Gasteiger partial charge is 0.391 e. The van der Waals surface area contributed by atoms with Crippen molar-refractivity contribution in [2.75, 3.05) is 0 Å². The molecule has 0 spiro atoms. The second-order valence-corrected chi connectivity index (χ2v) is 4.51. The maximum atomic E-state index is 9.86. The molecule has 0 aliphatic heterocycles. The third-order valence-corrected chi connectivity index (χ3v) is 2.91. The SMILES string of the molecule is OC(CCc1ccc(Cl)cc1)Cn1ccnc1. The van der Waals surface area contributed by atoms with Crippen molar-refractivity contribution in [2.45, 2.75) is 25.5 Å². The van der Waals surface area contributed by atoms with Gasteiger partial charge >= 0.3 is 0 Å². The highest BCUT2D eigenvalue weighted by Crippen LogP contribution is 2.12. The molecule has 0 aliphatic rings. The maximum Gasteiger partial charge on any atom is 0.0946 e. The van der Waals surface area contributed by atoms with Crippen molar-refractivity contribution in [3.63, 3.8) is 0 Å². The molecule has 0 saturated heterocycles. The van der Waals surface area contributed by atoms with Gasteiger partial charge in [-0.1, -0.05) is 23.7 Å². The van der Waals surface area contributed by atoms with Crippen LogP contribution in [0.25, 0.3) is 0 Å². The van der Waals surface area contributed by atoms with Gasteiger partial charge in [-0.2, -0.15) is 0 Å². The first-order valence-corrected chi connectivity index (χ1v) is 6.00. The van der Waals surface area contributed by atoms with Crippen molar-refractivity contribution in [2.24, 2.45) is 0 Å². The number of halogens is 1. The van der Waals surface area contributed by atoms with Gasteiger partial charge in [0.25, 0.3) is 0 Å². The number of hydrogen-bond acceptors (Lipinski definition) is 2. The first kappa shape index (κ1) is 12.1. The second kappa shape index (κ2) is 5.84. The highest BCUT2D eigenvalue weighted by Gasteiger charge is 2.05. The van der Waals surface area contributed by atoms with Crippen molar-refractivity contribution in [3.8, 4) is 0 Å². The molecule has 0 amide bonds. The Balaban J connectivity index is 1.79. The number of imidazole rings is 1. The molecule has 17 heavy (non-hydrogen) atoms. The van der Waals surface area contributed by atoms with Crippen LogP contribution in [0, 0.1) is 0 Å². The molecular formula is C13H15ClN2O. The Morgan fingerprint density at radius 2 is 2.06 bits per heavy atom. The predicted octanol–water partition coefficient (Wildman–Crippen LogP) is 2.53. The van der Waals surface area contributed by atoms with Gasteiger partial charge < -0.3 is 9.67 Å². The second-order valence-electron chi connectivity index (χ2n) is 4.08. The smallest absolute Gasteiger partial charge is 0.0946 e. The van der Waals surface area contributed by atoms with Crippen LogP contribution in [0.2, 0.25) is 5.02 Å². The summed E-state index contributed by atoms with van der Waals surface area (Å²) in [6, 6.07) is 7.73. The first-order valence-electron chi connectivity index (χ1n) is 5.62. The minimum atomic E-state index is -0.347. The molecule has 0 fully saturated rings. The molecule has 1 aromatic carbocycles. The number of rotatable bonds is 5.